The van der Waals surface area contributed by atoms with Crippen molar-refractivity contribution < 1.29 is 24.6 Å². The number of imide groups is 1. The van der Waals surface area contributed by atoms with E-state index >= 15 is 0 Å². The number of carbonyl (C=O) groups excluding carboxylic acids is 2. The van der Waals surface area contributed by atoms with E-state index in [4.69, 9.17) is 0 Å². The molecule has 3 aromatic carbocycles. The molecule has 0 aliphatic carbocycles. The first kappa shape index (κ1) is 23.0. The Hall–Kier alpha value is -4.43. The Bertz CT molecular complexity index is 1580. The molecule has 0 bridgehead atoms. The molecule has 2 aliphatic rings. The molecule has 8 heteroatoms. The van der Waals surface area contributed by atoms with Gasteiger partial charge in [0.05, 0.1) is 17.5 Å². The van der Waals surface area contributed by atoms with Gasteiger partial charge in [-0.3, -0.25) is 19.7 Å². The number of amides is 2. The highest BCUT2D eigenvalue weighted by Gasteiger charge is 2.69. The van der Waals surface area contributed by atoms with Crippen LogP contribution in [0.4, 0.5) is 5.69 Å². The molecule has 1 aromatic heterocycles. The van der Waals surface area contributed by atoms with Gasteiger partial charge in [-0.2, -0.15) is 0 Å². The lowest BCUT2D eigenvalue weighted by Gasteiger charge is -2.31. The molecule has 4 N–H and O–H groups in total. The van der Waals surface area contributed by atoms with Crippen molar-refractivity contribution in [2.75, 3.05) is 4.90 Å². The monoisotopic (exact) mass is 495 g/mol. The van der Waals surface area contributed by atoms with Crippen LogP contribution in [0.1, 0.15) is 22.7 Å². The number of aliphatic carboxylic acids is 1. The molecule has 6 rings (SSSR count). The number of anilines is 1. The Kier molecular flexibility index (Phi) is 5.17. The molecule has 0 unspecified atom stereocenters. The minimum atomic E-state index is -1.78. The number of aromatic hydroxyl groups is 1. The van der Waals surface area contributed by atoms with Crippen molar-refractivity contribution in [1.29, 1.82) is 0 Å². The van der Waals surface area contributed by atoms with Crippen LogP contribution in [-0.2, 0) is 20.8 Å². The smallest absolute Gasteiger partial charge is 0.325 e. The summed E-state index contributed by atoms with van der Waals surface area (Å²) < 4.78 is 0. The van der Waals surface area contributed by atoms with Crippen LogP contribution in [0.25, 0.3) is 10.9 Å². The van der Waals surface area contributed by atoms with Crippen molar-refractivity contribution in [3.8, 4) is 5.75 Å². The fraction of sp³-hybridized carbons (Fsp3) is 0.207. The van der Waals surface area contributed by atoms with Gasteiger partial charge >= 0.3 is 5.97 Å². The summed E-state index contributed by atoms with van der Waals surface area (Å²) in [6.45, 7) is 1.86. The van der Waals surface area contributed by atoms with Crippen molar-refractivity contribution in [3.63, 3.8) is 0 Å². The summed E-state index contributed by atoms with van der Waals surface area (Å²) in [6.07, 6.45) is 1.72. The van der Waals surface area contributed by atoms with Crippen LogP contribution >= 0.6 is 0 Å². The third-order valence-corrected chi connectivity index (χ3v) is 7.71. The van der Waals surface area contributed by atoms with Crippen molar-refractivity contribution in [2.45, 2.75) is 24.9 Å². The summed E-state index contributed by atoms with van der Waals surface area (Å²) in [5, 5.41) is 25.4. The van der Waals surface area contributed by atoms with E-state index in [0.717, 1.165) is 26.9 Å². The minimum Gasteiger partial charge on any atom is -0.508 e. The number of carboxylic acid groups (broad SMARTS) is 1. The van der Waals surface area contributed by atoms with Gasteiger partial charge in [0.1, 0.15) is 11.3 Å². The number of rotatable bonds is 5. The molecule has 2 amide bonds. The molecule has 2 saturated heterocycles. The fourth-order valence-corrected chi connectivity index (χ4v) is 6.06. The zero-order valence-electron chi connectivity index (χ0n) is 20.0. The van der Waals surface area contributed by atoms with Crippen LogP contribution in [0.15, 0.2) is 79.0 Å². The number of nitrogens with one attached hydrogen (secondary N) is 2. The van der Waals surface area contributed by atoms with E-state index in [1.54, 1.807) is 42.6 Å². The van der Waals surface area contributed by atoms with Gasteiger partial charge in [0, 0.05) is 35.1 Å². The molecule has 0 radical (unpaired) electrons. The number of aromatic nitrogens is 1. The first-order valence-electron chi connectivity index (χ1n) is 12.1. The number of fused-ring (bicyclic) bond motifs is 2. The van der Waals surface area contributed by atoms with Gasteiger partial charge in [0.2, 0.25) is 11.8 Å². The number of phenolic OH excluding ortho intramolecular Hbond substituents is 1. The number of carboxylic acids is 1. The Morgan fingerprint density at radius 1 is 1.00 bits per heavy atom. The van der Waals surface area contributed by atoms with E-state index in [2.05, 4.69) is 10.3 Å². The number of H-pyrrole nitrogens is 1. The molecule has 0 saturated carbocycles. The predicted molar refractivity (Wildman–Crippen MR) is 137 cm³/mol. The van der Waals surface area contributed by atoms with Gasteiger partial charge in [-0.15, -0.1) is 0 Å². The zero-order valence-corrected chi connectivity index (χ0v) is 20.0. The molecular formula is C29H25N3O5. The Morgan fingerprint density at radius 3 is 2.51 bits per heavy atom. The van der Waals surface area contributed by atoms with E-state index < -0.39 is 41.2 Å². The molecule has 8 nitrogen and oxygen atoms in total. The van der Waals surface area contributed by atoms with Crippen LogP contribution in [0.5, 0.6) is 5.75 Å². The Labute approximate surface area is 212 Å². The van der Waals surface area contributed by atoms with Gasteiger partial charge < -0.3 is 15.2 Å². The van der Waals surface area contributed by atoms with Gasteiger partial charge in [0.25, 0.3) is 0 Å². The van der Waals surface area contributed by atoms with Gasteiger partial charge in [-0.05, 0) is 42.3 Å². The highest BCUT2D eigenvalue weighted by molar-refractivity contribution is 6.24. The first-order valence-corrected chi connectivity index (χ1v) is 12.1. The summed E-state index contributed by atoms with van der Waals surface area (Å²) >= 11 is 0. The number of nitrogens with zero attached hydrogens (tertiary/aromatic N) is 1. The van der Waals surface area contributed by atoms with Gasteiger partial charge in [-0.25, -0.2) is 4.90 Å². The summed E-state index contributed by atoms with van der Waals surface area (Å²) in [7, 11) is 0. The van der Waals surface area contributed by atoms with Gasteiger partial charge in [-0.1, -0.05) is 48.5 Å². The lowest BCUT2D eigenvalue weighted by atomic mass is 9.76. The molecule has 3 heterocycles. The number of hydrogen-bond acceptors (Lipinski definition) is 5. The molecule has 4 aromatic rings. The van der Waals surface area contributed by atoms with E-state index in [9.17, 15) is 24.6 Å². The van der Waals surface area contributed by atoms with Crippen LogP contribution in [0.2, 0.25) is 0 Å². The lowest BCUT2D eigenvalue weighted by Crippen LogP contribution is -2.57. The number of hydrogen-bond donors (Lipinski definition) is 4. The number of carbonyl (C=O) groups is 3. The van der Waals surface area contributed by atoms with Crippen LogP contribution < -0.4 is 10.2 Å². The van der Waals surface area contributed by atoms with Crippen molar-refractivity contribution in [1.82, 2.24) is 10.3 Å². The largest absolute Gasteiger partial charge is 0.508 e. The number of aryl methyl sites for hydroxylation is 1. The Balaban J connectivity index is 1.53. The van der Waals surface area contributed by atoms with E-state index in [1.165, 1.54) is 6.07 Å². The highest BCUT2D eigenvalue weighted by Crippen LogP contribution is 2.52. The maximum absolute atomic E-state index is 14.0. The molecule has 2 fully saturated rings. The van der Waals surface area contributed by atoms with E-state index in [-0.39, 0.29) is 12.2 Å². The normalized spacial score (nSPS) is 25.1. The number of benzene rings is 3. The second-order valence-corrected chi connectivity index (χ2v) is 9.85. The van der Waals surface area contributed by atoms with Crippen molar-refractivity contribution in [3.05, 3.63) is 95.7 Å². The Morgan fingerprint density at radius 2 is 1.76 bits per heavy atom. The second kappa shape index (κ2) is 8.31. The fourth-order valence-electron chi connectivity index (χ4n) is 6.06. The summed E-state index contributed by atoms with van der Waals surface area (Å²) in [4.78, 5) is 45.3. The van der Waals surface area contributed by atoms with Crippen molar-refractivity contribution in [2.24, 2.45) is 11.8 Å². The van der Waals surface area contributed by atoms with Gasteiger partial charge in [0.15, 0.2) is 0 Å². The standard InChI is InChI=1S/C29H25N3O5/c1-16-7-6-8-18(13-16)32-26(34)23-24(27(32)35)29(28(36)37,31-25(23)20-10-3-5-12-22(20)33)14-17-15-30-21-11-4-2-9-19(17)21/h2-13,15,23-25,30-31,33H,14H2,1H3,(H,36,37)/t23-,24-,25-,29+/m1/s1. The predicted octanol–water partition coefficient (Wildman–Crippen LogP) is 3.70. The number of para-hydroxylation sites is 2. The second-order valence-electron chi connectivity index (χ2n) is 9.85. The van der Waals surface area contributed by atoms with Crippen LogP contribution in [0, 0.1) is 18.8 Å². The molecular weight excluding hydrogens is 470 g/mol. The molecule has 4 atom stereocenters. The molecule has 0 spiro atoms. The molecule has 186 valence electrons. The molecule has 37 heavy (non-hydrogen) atoms. The topological polar surface area (TPSA) is 123 Å². The van der Waals surface area contributed by atoms with E-state index in [0.29, 0.717) is 11.3 Å². The average Bonchev–Trinajstić information content (AvgIpc) is 3.52. The summed E-state index contributed by atoms with van der Waals surface area (Å²) in [5.41, 5.74) is 1.44. The maximum Gasteiger partial charge on any atom is 0.325 e. The third-order valence-electron chi connectivity index (χ3n) is 7.71. The average molecular weight is 496 g/mol. The minimum absolute atomic E-state index is 0.0295. The van der Waals surface area contributed by atoms with Crippen LogP contribution in [-0.4, -0.2) is 38.5 Å². The lowest BCUT2D eigenvalue weighted by molar-refractivity contribution is -0.148. The highest BCUT2D eigenvalue weighted by atomic mass is 16.4. The number of aromatic amines is 1. The summed E-state index contributed by atoms with van der Waals surface area (Å²) in [5.74, 6) is -4.53. The zero-order chi connectivity index (χ0) is 25.9. The molecule has 2 aliphatic heterocycles. The maximum atomic E-state index is 14.0. The van der Waals surface area contributed by atoms with Crippen LogP contribution in [0.3, 0.4) is 0 Å². The third kappa shape index (κ3) is 3.37. The quantitative estimate of drug-likeness (QED) is 0.313. The first-order chi connectivity index (χ1) is 17.8. The van der Waals surface area contributed by atoms with E-state index in [1.807, 2.05) is 37.3 Å². The summed E-state index contributed by atoms with van der Waals surface area (Å²) in [6, 6.07) is 20.2. The number of phenols is 1. The van der Waals surface area contributed by atoms with Crippen molar-refractivity contribution >= 4 is 34.4 Å². The SMILES string of the molecule is Cc1cccc(N2C(=O)[C@H]3[C@@H](c4ccccc4O)N[C@](Cc4c[nH]c5ccccc45)(C(=O)O)[C@H]3C2=O)c1.